The van der Waals surface area contributed by atoms with Gasteiger partial charge in [-0.25, -0.2) is 9.59 Å². The fraction of sp³-hybridized carbons (Fsp3) is 0.400. The highest BCUT2D eigenvalue weighted by atomic mass is 16.5. The third-order valence-electron chi connectivity index (χ3n) is 4.57. The van der Waals surface area contributed by atoms with Crippen LogP contribution < -0.4 is 28.4 Å². The van der Waals surface area contributed by atoms with Crippen molar-refractivity contribution in [1.82, 2.24) is 0 Å². The van der Waals surface area contributed by atoms with E-state index >= 15 is 0 Å². The van der Waals surface area contributed by atoms with Gasteiger partial charge in [0.25, 0.3) is 0 Å². The van der Waals surface area contributed by atoms with E-state index in [1.807, 2.05) is 13.8 Å². The van der Waals surface area contributed by atoms with E-state index in [0.717, 1.165) is 11.6 Å². The zero-order chi connectivity index (χ0) is 27.8. The summed E-state index contributed by atoms with van der Waals surface area (Å²) in [5, 5.41) is 8.59. The number of hydrogen-bond acceptors (Lipinski definition) is 9. The van der Waals surface area contributed by atoms with E-state index in [1.54, 1.807) is 44.6 Å². The molecule has 1 N–H and O–H groups in total. The summed E-state index contributed by atoms with van der Waals surface area (Å²) in [6, 6.07) is 6.89. The average molecular weight is 567 g/mol. The molecule has 0 amide bonds. The molecule has 0 spiro atoms. The van der Waals surface area contributed by atoms with Gasteiger partial charge < -0.3 is 38.3 Å². The Morgan fingerprint density at radius 3 is 1.23 bits per heavy atom. The summed E-state index contributed by atoms with van der Waals surface area (Å²) in [5.74, 6) is 1.71. The molecule has 0 saturated heterocycles. The van der Waals surface area contributed by atoms with Gasteiger partial charge in [0.1, 0.15) is 0 Å². The van der Waals surface area contributed by atoms with Crippen LogP contribution in [0.1, 0.15) is 47.3 Å². The minimum atomic E-state index is -1.01. The zero-order valence-corrected chi connectivity index (χ0v) is 22.2. The number of ether oxygens (including phenoxy) is 7. The molecule has 10 heteroatoms. The lowest BCUT2D eigenvalue weighted by molar-refractivity contribution is -0.135. The first-order valence-electron chi connectivity index (χ1n) is 11.2. The molecule has 0 heterocycles. The van der Waals surface area contributed by atoms with Gasteiger partial charge in [-0.2, -0.15) is 0 Å². The van der Waals surface area contributed by atoms with Gasteiger partial charge in [-0.05, 0) is 61.4 Å². The third kappa shape index (κ3) is 12.5. The van der Waals surface area contributed by atoms with Crippen molar-refractivity contribution in [2.24, 2.45) is 0 Å². The topological polar surface area (TPSA) is 119 Å². The molecule has 0 aliphatic rings. The molecule has 0 aliphatic heterocycles. The van der Waals surface area contributed by atoms with Gasteiger partial charge in [-0.1, -0.05) is 22.3 Å². The minimum absolute atomic E-state index is 0. The molecule has 0 radical (unpaired) electrons. The largest absolute Gasteiger partial charge is 0.493 e. The summed E-state index contributed by atoms with van der Waals surface area (Å²) in [4.78, 5) is 21.5. The van der Waals surface area contributed by atoms with Crippen LogP contribution in [0.2, 0.25) is 0 Å². The molecule has 0 fully saturated rings. The number of carbonyl (C=O) groups is 2. The fourth-order valence-electron chi connectivity index (χ4n) is 2.97. The van der Waals surface area contributed by atoms with Gasteiger partial charge in [0.2, 0.25) is 11.5 Å². The first-order valence-corrected chi connectivity index (χ1v) is 11.2. The first-order chi connectivity index (χ1) is 17.8. The van der Waals surface area contributed by atoms with Crippen LogP contribution in [0.5, 0.6) is 34.5 Å². The SMILES string of the molecule is C.C.C.CCOc1c(OC)cc(/C=C/C(=O)O)cc1OC.CCOc1c(OC)cc(/C=C/C(=O)OC)cc1OC. The molecule has 2 aromatic carbocycles. The normalized spacial score (nSPS) is 9.57. The lowest BCUT2D eigenvalue weighted by Crippen LogP contribution is -1.99. The second-order valence-corrected chi connectivity index (χ2v) is 6.90. The van der Waals surface area contributed by atoms with Crippen molar-refractivity contribution in [3.8, 4) is 34.5 Å². The van der Waals surface area contributed by atoms with Gasteiger partial charge in [0, 0.05) is 12.2 Å². The molecule has 0 aliphatic carbocycles. The number of aliphatic carboxylic acids is 1. The Balaban J connectivity index is -0.000000637. The maximum Gasteiger partial charge on any atom is 0.330 e. The number of esters is 1. The van der Waals surface area contributed by atoms with E-state index in [9.17, 15) is 9.59 Å². The molecule has 10 nitrogen and oxygen atoms in total. The Morgan fingerprint density at radius 2 is 0.975 bits per heavy atom. The molecule has 226 valence electrons. The monoisotopic (exact) mass is 566 g/mol. The van der Waals surface area contributed by atoms with Gasteiger partial charge in [-0.3, -0.25) is 0 Å². The lowest BCUT2D eigenvalue weighted by atomic mass is 10.1. The average Bonchev–Trinajstić information content (AvgIpc) is 2.91. The van der Waals surface area contributed by atoms with E-state index in [0.29, 0.717) is 53.3 Å². The lowest BCUT2D eigenvalue weighted by Gasteiger charge is -2.14. The van der Waals surface area contributed by atoms with Crippen LogP contribution in [0.25, 0.3) is 12.2 Å². The van der Waals surface area contributed by atoms with Crippen molar-refractivity contribution in [1.29, 1.82) is 0 Å². The quantitative estimate of drug-likeness (QED) is 0.228. The highest BCUT2D eigenvalue weighted by Crippen LogP contribution is 2.39. The Labute approximate surface area is 239 Å². The van der Waals surface area contributed by atoms with Gasteiger partial charge in [0.05, 0.1) is 48.8 Å². The first kappa shape index (κ1) is 40.2. The molecule has 40 heavy (non-hydrogen) atoms. The predicted octanol–water partition coefficient (Wildman–Crippen LogP) is 6.40. The van der Waals surface area contributed by atoms with Crippen molar-refractivity contribution in [3.63, 3.8) is 0 Å². The Morgan fingerprint density at radius 1 is 0.650 bits per heavy atom. The standard InChI is InChI=1S/C14H18O5.C13H16O5.3CH4/c1-5-19-14-11(16-2)8-10(9-12(14)17-3)6-7-13(15)18-4;1-4-18-13-10(16-2)7-9(5-6-12(14)15)8-11(13)17-3;;;/h6-9H,5H2,1-4H3;5-8H,4H2,1-3H3,(H,14,15);3*1H4/b7-6+;6-5+;;;. The molecular weight excluding hydrogens is 520 g/mol. The molecule has 2 aromatic rings. The molecule has 2 rings (SSSR count). The number of benzene rings is 2. The number of carboxylic acid groups (broad SMARTS) is 1. The number of carbonyl (C=O) groups excluding carboxylic acids is 1. The highest BCUT2D eigenvalue weighted by molar-refractivity contribution is 5.87. The molecule has 0 atom stereocenters. The van der Waals surface area contributed by atoms with Crippen LogP contribution in [0.15, 0.2) is 36.4 Å². The summed E-state index contributed by atoms with van der Waals surface area (Å²) in [5.41, 5.74) is 1.41. The second kappa shape index (κ2) is 21.6. The molecule has 0 saturated carbocycles. The minimum Gasteiger partial charge on any atom is -0.493 e. The number of hydrogen-bond donors (Lipinski definition) is 1. The van der Waals surface area contributed by atoms with Crippen LogP contribution >= 0.6 is 0 Å². The predicted molar refractivity (Wildman–Crippen MR) is 159 cm³/mol. The number of carboxylic acids is 1. The van der Waals surface area contributed by atoms with Crippen LogP contribution in [-0.4, -0.2) is 65.8 Å². The van der Waals surface area contributed by atoms with Gasteiger partial charge >= 0.3 is 11.9 Å². The van der Waals surface area contributed by atoms with Crippen molar-refractivity contribution in [3.05, 3.63) is 47.5 Å². The summed E-state index contributed by atoms with van der Waals surface area (Å²) in [6.45, 7) is 4.72. The highest BCUT2D eigenvalue weighted by Gasteiger charge is 2.14. The van der Waals surface area contributed by atoms with Gasteiger partial charge in [-0.15, -0.1) is 0 Å². The van der Waals surface area contributed by atoms with Crippen LogP contribution in [0, 0.1) is 0 Å². The van der Waals surface area contributed by atoms with E-state index < -0.39 is 11.9 Å². The van der Waals surface area contributed by atoms with E-state index in [4.69, 9.17) is 33.5 Å². The Hall–Kier alpha value is -4.34. The van der Waals surface area contributed by atoms with Crippen molar-refractivity contribution >= 4 is 24.1 Å². The van der Waals surface area contributed by atoms with E-state index in [1.165, 1.54) is 33.5 Å². The van der Waals surface area contributed by atoms with Crippen LogP contribution in [-0.2, 0) is 14.3 Å². The van der Waals surface area contributed by atoms with Crippen LogP contribution in [0.4, 0.5) is 0 Å². The fourth-order valence-corrected chi connectivity index (χ4v) is 2.97. The maximum absolute atomic E-state index is 11.1. The summed E-state index contributed by atoms with van der Waals surface area (Å²) < 4.78 is 36.4. The Kier molecular flexibility index (Phi) is 21.7. The van der Waals surface area contributed by atoms with E-state index in [-0.39, 0.29) is 22.3 Å². The molecule has 0 aromatic heterocycles. The van der Waals surface area contributed by atoms with Crippen LogP contribution in [0.3, 0.4) is 0 Å². The summed E-state index contributed by atoms with van der Waals surface area (Å²) in [7, 11) is 7.45. The van der Waals surface area contributed by atoms with Crippen molar-refractivity contribution in [2.45, 2.75) is 36.1 Å². The van der Waals surface area contributed by atoms with Gasteiger partial charge in [0.15, 0.2) is 23.0 Å². The smallest absolute Gasteiger partial charge is 0.330 e. The summed E-state index contributed by atoms with van der Waals surface area (Å²) >= 11 is 0. The molecule has 0 bridgehead atoms. The summed E-state index contributed by atoms with van der Waals surface area (Å²) in [6.07, 6.45) is 5.46. The van der Waals surface area contributed by atoms with E-state index in [2.05, 4.69) is 4.74 Å². The number of methoxy groups -OCH3 is 5. The zero-order valence-electron chi connectivity index (χ0n) is 22.2. The maximum atomic E-state index is 11.1. The second-order valence-electron chi connectivity index (χ2n) is 6.90. The molecule has 0 unspecified atom stereocenters. The number of rotatable bonds is 12. The third-order valence-corrected chi connectivity index (χ3v) is 4.57. The van der Waals surface area contributed by atoms with Crippen molar-refractivity contribution < 1.29 is 47.9 Å². The molecular formula is C30H46O10. The Bertz CT molecular complexity index is 1040. The van der Waals surface area contributed by atoms with Crippen molar-refractivity contribution in [2.75, 3.05) is 48.8 Å².